The summed E-state index contributed by atoms with van der Waals surface area (Å²) in [5, 5.41) is 0. The normalized spacial score (nSPS) is 19.8. The molecule has 0 N–H and O–H groups in total. The summed E-state index contributed by atoms with van der Waals surface area (Å²) in [6.45, 7) is 12.0. The summed E-state index contributed by atoms with van der Waals surface area (Å²) in [5.74, 6) is 0.732. The van der Waals surface area contributed by atoms with E-state index in [4.69, 9.17) is 0 Å². The fourth-order valence-electron chi connectivity index (χ4n) is 2.00. The van der Waals surface area contributed by atoms with E-state index in [0.29, 0.717) is 11.3 Å². The van der Waals surface area contributed by atoms with Gasteiger partial charge in [-0.15, -0.1) is 0 Å². The average molecular weight is 181 g/mol. The highest BCUT2D eigenvalue weighted by Gasteiger charge is 2.44. The van der Waals surface area contributed by atoms with Crippen molar-refractivity contribution < 1.29 is 4.79 Å². The van der Waals surface area contributed by atoms with Gasteiger partial charge in [0.05, 0.1) is 0 Å². The summed E-state index contributed by atoms with van der Waals surface area (Å²) in [6.07, 6.45) is 2.56. The maximum Gasteiger partial charge on any atom is 0.245 e. The SMILES string of the molecule is C=CC(=O)N1CC(CC)(C(C)C)C1. The topological polar surface area (TPSA) is 20.3 Å². The van der Waals surface area contributed by atoms with Crippen LogP contribution >= 0.6 is 0 Å². The highest BCUT2D eigenvalue weighted by molar-refractivity contribution is 5.87. The van der Waals surface area contributed by atoms with Crippen molar-refractivity contribution in [3.05, 3.63) is 12.7 Å². The van der Waals surface area contributed by atoms with Crippen LogP contribution in [0.25, 0.3) is 0 Å². The van der Waals surface area contributed by atoms with Crippen LogP contribution in [0.4, 0.5) is 0 Å². The van der Waals surface area contributed by atoms with Gasteiger partial charge in [0, 0.05) is 18.5 Å². The van der Waals surface area contributed by atoms with E-state index < -0.39 is 0 Å². The minimum absolute atomic E-state index is 0.0738. The Morgan fingerprint density at radius 3 is 2.46 bits per heavy atom. The van der Waals surface area contributed by atoms with Gasteiger partial charge in [0.2, 0.25) is 5.91 Å². The van der Waals surface area contributed by atoms with E-state index in [2.05, 4.69) is 27.4 Å². The molecule has 1 fully saturated rings. The lowest BCUT2D eigenvalue weighted by atomic mass is 9.69. The largest absolute Gasteiger partial charge is 0.338 e. The van der Waals surface area contributed by atoms with Gasteiger partial charge < -0.3 is 4.90 Å². The van der Waals surface area contributed by atoms with Gasteiger partial charge in [-0.3, -0.25) is 4.79 Å². The average Bonchev–Trinajstić information content (AvgIpc) is 2.02. The van der Waals surface area contributed by atoms with Crippen LogP contribution in [0.5, 0.6) is 0 Å². The quantitative estimate of drug-likeness (QED) is 0.610. The van der Waals surface area contributed by atoms with Gasteiger partial charge in [-0.25, -0.2) is 0 Å². The van der Waals surface area contributed by atoms with E-state index in [1.165, 1.54) is 6.08 Å². The first-order valence-electron chi connectivity index (χ1n) is 4.97. The molecule has 0 aromatic rings. The minimum Gasteiger partial charge on any atom is -0.338 e. The van der Waals surface area contributed by atoms with Crippen LogP contribution < -0.4 is 0 Å². The maximum atomic E-state index is 11.2. The van der Waals surface area contributed by atoms with Crippen molar-refractivity contribution in [2.75, 3.05) is 13.1 Å². The summed E-state index contributed by atoms with van der Waals surface area (Å²) < 4.78 is 0. The van der Waals surface area contributed by atoms with E-state index >= 15 is 0 Å². The molecule has 1 heterocycles. The molecule has 0 aliphatic carbocycles. The van der Waals surface area contributed by atoms with E-state index in [9.17, 15) is 4.79 Å². The van der Waals surface area contributed by atoms with Crippen LogP contribution in [0, 0.1) is 11.3 Å². The van der Waals surface area contributed by atoms with Gasteiger partial charge in [0.25, 0.3) is 0 Å². The van der Waals surface area contributed by atoms with E-state index in [0.717, 1.165) is 19.5 Å². The number of rotatable bonds is 3. The number of hydrogen-bond acceptors (Lipinski definition) is 1. The molecule has 13 heavy (non-hydrogen) atoms. The first kappa shape index (κ1) is 10.3. The van der Waals surface area contributed by atoms with Crippen molar-refractivity contribution in [3.63, 3.8) is 0 Å². The molecular formula is C11H19NO. The zero-order valence-corrected chi connectivity index (χ0v) is 8.84. The van der Waals surface area contributed by atoms with Gasteiger partial charge in [0.1, 0.15) is 0 Å². The standard InChI is InChI=1S/C11H19NO/c1-5-10(13)12-7-11(6-2,8-12)9(3)4/h5,9H,1,6-8H2,2-4H3. The molecule has 0 spiro atoms. The molecular weight excluding hydrogens is 162 g/mol. The Bertz CT molecular complexity index is 214. The summed E-state index contributed by atoms with van der Waals surface area (Å²) in [6, 6.07) is 0. The van der Waals surface area contributed by atoms with Crippen molar-refractivity contribution in [3.8, 4) is 0 Å². The minimum atomic E-state index is 0.0738. The first-order valence-corrected chi connectivity index (χ1v) is 4.97. The summed E-state index contributed by atoms with van der Waals surface area (Å²) in [7, 11) is 0. The van der Waals surface area contributed by atoms with Crippen molar-refractivity contribution in [2.45, 2.75) is 27.2 Å². The monoisotopic (exact) mass is 181 g/mol. The molecule has 0 radical (unpaired) electrons. The Kier molecular flexibility index (Phi) is 2.79. The Labute approximate surface area is 80.6 Å². The van der Waals surface area contributed by atoms with Gasteiger partial charge in [-0.05, 0) is 18.4 Å². The van der Waals surface area contributed by atoms with Gasteiger partial charge in [-0.1, -0.05) is 27.4 Å². The third kappa shape index (κ3) is 1.62. The van der Waals surface area contributed by atoms with Crippen LogP contribution in [-0.4, -0.2) is 23.9 Å². The maximum absolute atomic E-state index is 11.2. The highest BCUT2D eigenvalue weighted by Crippen LogP contribution is 2.40. The lowest BCUT2D eigenvalue weighted by Crippen LogP contribution is -2.60. The number of carbonyl (C=O) groups excluding carboxylic acids is 1. The van der Waals surface area contributed by atoms with Crippen LogP contribution in [-0.2, 0) is 4.79 Å². The molecule has 1 saturated heterocycles. The molecule has 0 saturated carbocycles. The molecule has 2 heteroatoms. The fraction of sp³-hybridized carbons (Fsp3) is 0.727. The Balaban J connectivity index is 2.54. The molecule has 0 bridgehead atoms. The highest BCUT2D eigenvalue weighted by atomic mass is 16.2. The lowest BCUT2D eigenvalue weighted by molar-refractivity contribution is -0.141. The smallest absolute Gasteiger partial charge is 0.245 e. The number of nitrogens with zero attached hydrogens (tertiary/aromatic N) is 1. The Hall–Kier alpha value is -0.790. The summed E-state index contributed by atoms with van der Waals surface area (Å²) in [4.78, 5) is 13.1. The number of hydrogen-bond donors (Lipinski definition) is 0. The summed E-state index contributed by atoms with van der Waals surface area (Å²) in [5.41, 5.74) is 0.374. The fourth-order valence-corrected chi connectivity index (χ4v) is 2.00. The van der Waals surface area contributed by atoms with Crippen LogP contribution in [0.1, 0.15) is 27.2 Å². The molecule has 1 aliphatic heterocycles. The predicted octanol–water partition coefficient (Wildman–Crippen LogP) is 2.07. The van der Waals surface area contributed by atoms with Gasteiger partial charge in [-0.2, -0.15) is 0 Å². The predicted molar refractivity (Wildman–Crippen MR) is 54.3 cm³/mol. The van der Waals surface area contributed by atoms with Crippen molar-refractivity contribution in [1.82, 2.24) is 4.90 Å². The Morgan fingerprint density at radius 1 is 1.62 bits per heavy atom. The van der Waals surface area contributed by atoms with Gasteiger partial charge in [0.15, 0.2) is 0 Å². The molecule has 2 nitrogen and oxygen atoms in total. The molecule has 1 rings (SSSR count). The van der Waals surface area contributed by atoms with Crippen molar-refractivity contribution in [2.24, 2.45) is 11.3 Å². The molecule has 0 aromatic heterocycles. The second kappa shape index (κ2) is 3.52. The van der Waals surface area contributed by atoms with Crippen molar-refractivity contribution >= 4 is 5.91 Å². The summed E-state index contributed by atoms with van der Waals surface area (Å²) >= 11 is 0. The molecule has 0 unspecified atom stereocenters. The van der Waals surface area contributed by atoms with E-state index in [-0.39, 0.29) is 5.91 Å². The zero-order chi connectivity index (χ0) is 10.1. The second-order valence-electron chi connectivity index (χ2n) is 4.27. The molecule has 0 atom stereocenters. The zero-order valence-electron chi connectivity index (χ0n) is 8.84. The number of carbonyl (C=O) groups is 1. The third-order valence-corrected chi connectivity index (χ3v) is 3.43. The van der Waals surface area contributed by atoms with E-state index in [1.807, 2.05) is 4.90 Å². The molecule has 1 aliphatic rings. The van der Waals surface area contributed by atoms with E-state index in [1.54, 1.807) is 0 Å². The van der Waals surface area contributed by atoms with Crippen LogP contribution in [0.15, 0.2) is 12.7 Å². The van der Waals surface area contributed by atoms with Crippen molar-refractivity contribution in [1.29, 1.82) is 0 Å². The van der Waals surface area contributed by atoms with Crippen LogP contribution in [0.2, 0.25) is 0 Å². The number of amides is 1. The van der Waals surface area contributed by atoms with Crippen LogP contribution in [0.3, 0.4) is 0 Å². The molecule has 0 aromatic carbocycles. The number of likely N-dealkylation sites (tertiary alicyclic amines) is 1. The molecule has 74 valence electrons. The lowest BCUT2D eigenvalue weighted by Gasteiger charge is -2.52. The Morgan fingerprint density at radius 2 is 2.15 bits per heavy atom. The second-order valence-corrected chi connectivity index (χ2v) is 4.27. The van der Waals surface area contributed by atoms with Gasteiger partial charge >= 0.3 is 0 Å². The third-order valence-electron chi connectivity index (χ3n) is 3.43. The molecule has 1 amide bonds. The first-order chi connectivity index (χ1) is 6.05.